The number of hydrogen-bond acceptors (Lipinski definition) is 6. The van der Waals surface area contributed by atoms with E-state index in [0.29, 0.717) is 5.92 Å². The molecule has 30 heavy (non-hydrogen) atoms. The molecular weight excluding hydrogens is 412 g/mol. The van der Waals surface area contributed by atoms with Crippen LogP contribution in [-0.4, -0.2) is 51.9 Å². The van der Waals surface area contributed by atoms with Crippen molar-refractivity contribution in [1.29, 1.82) is 0 Å². The van der Waals surface area contributed by atoms with Gasteiger partial charge in [0.25, 0.3) is 5.91 Å². The fourth-order valence-corrected chi connectivity index (χ4v) is 5.72. The summed E-state index contributed by atoms with van der Waals surface area (Å²) in [6.07, 6.45) is 0.936. The summed E-state index contributed by atoms with van der Waals surface area (Å²) in [5, 5.41) is 4.29. The Morgan fingerprint density at radius 3 is 2.53 bits per heavy atom. The van der Waals surface area contributed by atoms with Crippen molar-refractivity contribution in [3.8, 4) is 10.6 Å². The topological polar surface area (TPSA) is 49.3 Å². The maximum atomic E-state index is 13.0. The number of thiazole rings is 2. The van der Waals surface area contributed by atoms with Crippen LogP contribution in [0.1, 0.15) is 39.9 Å². The second-order valence-electron chi connectivity index (χ2n) is 8.20. The summed E-state index contributed by atoms with van der Waals surface area (Å²) in [4.78, 5) is 27.6. The minimum absolute atomic E-state index is 0.139. The fourth-order valence-electron chi connectivity index (χ4n) is 3.66. The number of rotatable bonds is 6. The van der Waals surface area contributed by atoms with Gasteiger partial charge in [0.15, 0.2) is 0 Å². The quantitative estimate of drug-likeness (QED) is 0.556. The average Bonchev–Trinajstić information content (AvgIpc) is 3.35. The third-order valence-corrected chi connectivity index (χ3v) is 7.34. The number of aryl methyl sites for hydroxylation is 1. The maximum absolute atomic E-state index is 13.0. The molecule has 158 valence electrons. The molecule has 3 aromatic rings. The first-order valence-electron chi connectivity index (χ1n) is 10.5. The Kier molecular flexibility index (Phi) is 6.61. The summed E-state index contributed by atoms with van der Waals surface area (Å²) < 4.78 is 0. The van der Waals surface area contributed by atoms with Crippen LogP contribution in [0.15, 0.2) is 35.7 Å². The molecule has 1 aromatic carbocycles. The SMILES string of the molecule is Cc1nc(CC(C)C)sc1C(=O)N1CCN(Cc2csc(-c3ccccc3)n2)CC1. The van der Waals surface area contributed by atoms with Gasteiger partial charge in [-0.05, 0) is 12.8 Å². The highest BCUT2D eigenvalue weighted by Gasteiger charge is 2.26. The van der Waals surface area contributed by atoms with Gasteiger partial charge in [0, 0.05) is 50.1 Å². The number of aromatic nitrogens is 2. The minimum Gasteiger partial charge on any atom is -0.335 e. The molecule has 0 aliphatic carbocycles. The van der Waals surface area contributed by atoms with E-state index < -0.39 is 0 Å². The Hall–Kier alpha value is -2.09. The van der Waals surface area contributed by atoms with Crippen LogP contribution in [0.3, 0.4) is 0 Å². The van der Waals surface area contributed by atoms with Crippen molar-refractivity contribution in [2.75, 3.05) is 26.2 Å². The van der Waals surface area contributed by atoms with Gasteiger partial charge in [0.1, 0.15) is 9.88 Å². The van der Waals surface area contributed by atoms with Crippen molar-refractivity contribution >= 4 is 28.6 Å². The Morgan fingerprint density at radius 2 is 1.83 bits per heavy atom. The van der Waals surface area contributed by atoms with Gasteiger partial charge in [0.2, 0.25) is 0 Å². The average molecular weight is 441 g/mol. The zero-order valence-electron chi connectivity index (χ0n) is 17.8. The van der Waals surface area contributed by atoms with E-state index in [1.165, 1.54) is 5.56 Å². The second-order valence-corrected chi connectivity index (χ2v) is 10.1. The lowest BCUT2D eigenvalue weighted by atomic mass is 10.1. The molecule has 1 fully saturated rings. The summed E-state index contributed by atoms with van der Waals surface area (Å²) in [5.74, 6) is 0.690. The first kappa shape index (κ1) is 21.2. The number of carbonyl (C=O) groups is 1. The maximum Gasteiger partial charge on any atom is 0.265 e. The number of hydrogen-bond donors (Lipinski definition) is 0. The molecule has 0 radical (unpaired) electrons. The zero-order valence-corrected chi connectivity index (χ0v) is 19.4. The predicted molar refractivity (Wildman–Crippen MR) is 124 cm³/mol. The van der Waals surface area contributed by atoms with Gasteiger partial charge in [-0.3, -0.25) is 9.69 Å². The fraction of sp³-hybridized carbons (Fsp3) is 0.435. The van der Waals surface area contributed by atoms with Crippen molar-refractivity contribution in [2.24, 2.45) is 5.92 Å². The van der Waals surface area contributed by atoms with Crippen LogP contribution >= 0.6 is 22.7 Å². The second kappa shape index (κ2) is 9.37. The Morgan fingerprint density at radius 1 is 1.10 bits per heavy atom. The van der Waals surface area contributed by atoms with E-state index in [1.807, 2.05) is 30.0 Å². The molecular formula is C23H28N4OS2. The molecule has 0 N–H and O–H groups in total. The first-order chi connectivity index (χ1) is 14.5. The summed E-state index contributed by atoms with van der Waals surface area (Å²) in [7, 11) is 0. The Balaban J connectivity index is 1.32. The largest absolute Gasteiger partial charge is 0.335 e. The predicted octanol–water partition coefficient (Wildman–Crippen LogP) is 4.73. The lowest BCUT2D eigenvalue weighted by Gasteiger charge is -2.34. The van der Waals surface area contributed by atoms with Gasteiger partial charge < -0.3 is 4.90 Å². The van der Waals surface area contributed by atoms with Gasteiger partial charge in [-0.1, -0.05) is 44.2 Å². The molecule has 1 amide bonds. The van der Waals surface area contributed by atoms with E-state index in [1.54, 1.807) is 22.7 Å². The molecule has 1 saturated heterocycles. The molecule has 0 bridgehead atoms. The molecule has 4 rings (SSSR count). The molecule has 0 unspecified atom stereocenters. The molecule has 0 saturated carbocycles. The number of amides is 1. The van der Waals surface area contributed by atoms with Gasteiger partial charge in [-0.25, -0.2) is 9.97 Å². The van der Waals surface area contributed by atoms with Gasteiger partial charge in [-0.2, -0.15) is 0 Å². The Bertz CT molecular complexity index is 988. The Labute approximate surface area is 186 Å². The normalized spacial score (nSPS) is 15.1. The van der Waals surface area contributed by atoms with Crippen LogP contribution in [0, 0.1) is 12.8 Å². The minimum atomic E-state index is 0.139. The summed E-state index contributed by atoms with van der Waals surface area (Å²) in [6.45, 7) is 10.4. The third kappa shape index (κ3) is 4.96. The van der Waals surface area contributed by atoms with Crippen LogP contribution in [0.2, 0.25) is 0 Å². The van der Waals surface area contributed by atoms with Crippen molar-refractivity contribution in [3.05, 3.63) is 57.0 Å². The van der Waals surface area contributed by atoms with Crippen LogP contribution in [0.25, 0.3) is 10.6 Å². The summed E-state index contributed by atoms with van der Waals surface area (Å²) in [6, 6.07) is 10.3. The third-order valence-electron chi connectivity index (χ3n) is 5.24. The van der Waals surface area contributed by atoms with Crippen LogP contribution in [0.5, 0.6) is 0 Å². The van der Waals surface area contributed by atoms with Crippen LogP contribution in [0.4, 0.5) is 0 Å². The molecule has 3 heterocycles. The first-order valence-corrected chi connectivity index (χ1v) is 12.2. The van der Waals surface area contributed by atoms with E-state index in [-0.39, 0.29) is 5.91 Å². The van der Waals surface area contributed by atoms with E-state index in [4.69, 9.17) is 4.98 Å². The molecule has 0 atom stereocenters. The number of benzene rings is 1. The summed E-state index contributed by atoms with van der Waals surface area (Å²) in [5.41, 5.74) is 3.15. The number of carbonyl (C=O) groups excluding carboxylic acids is 1. The highest BCUT2D eigenvalue weighted by Crippen LogP contribution is 2.25. The molecule has 2 aromatic heterocycles. The molecule has 1 aliphatic rings. The standard InChI is InChI=1S/C23H28N4OS2/c1-16(2)13-20-24-17(3)21(30-20)23(28)27-11-9-26(10-12-27)14-19-15-29-22(25-19)18-7-5-4-6-8-18/h4-8,15-16H,9-14H2,1-3H3. The summed E-state index contributed by atoms with van der Waals surface area (Å²) >= 11 is 3.26. The smallest absolute Gasteiger partial charge is 0.265 e. The van der Waals surface area contributed by atoms with Crippen LogP contribution < -0.4 is 0 Å². The lowest BCUT2D eigenvalue weighted by Crippen LogP contribution is -2.48. The number of piperazine rings is 1. The highest BCUT2D eigenvalue weighted by molar-refractivity contribution is 7.13. The molecule has 5 nitrogen and oxygen atoms in total. The zero-order chi connectivity index (χ0) is 21.1. The molecule has 0 spiro atoms. The van der Waals surface area contributed by atoms with Crippen molar-refractivity contribution in [3.63, 3.8) is 0 Å². The van der Waals surface area contributed by atoms with Crippen LogP contribution in [-0.2, 0) is 13.0 Å². The lowest BCUT2D eigenvalue weighted by molar-refractivity contribution is 0.0631. The van der Waals surface area contributed by atoms with Gasteiger partial charge >= 0.3 is 0 Å². The highest BCUT2D eigenvalue weighted by atomic mass is 32.1. The van der Waals surface area contributed by atoms with Crippen molar-refractivity contribution in [2.45, 2.75) is 33.7 Å². The van der Waals surface area contributed by atoms with E-state index in [2.05, 4.69) is 41.2 Å². The molecule has 7 heteroatoms. The monoisotopic (exact) mass is 440 g/mol. The van der Waals surface area contributed by atoms with Crippen molar-refractivity contribution in [1.82, 2.24) is 19.8 Å². The van der Waals surface area contributed by atoms with E-state index in [0.717, 1.165) is 65.4 Å². The number of nitrogens with zero attached hydrogens (tertiary/aromatic N) is 4. The van der Waals surface area contributed by atoms with Gasteiger partial charge in [0.05, 0.1) is 16.4 Å². The van der Waals surface area contributed by atoms with E-state index >= 15 is 0 Å². The van der Waals surface area contributed by atoms with Crippen molar-refractivity contribution < 1.29 is 4.79 Å². The molecule has 1 aliphatic heterocycles. The van der Waals surface area contributed by atoms with E-state index in [9.17, 15) is 4.79 Å². The van der Waals surface area contributed by atoms with Gasteiger partial charge in [-0.15, -0.1) is 22.7 Å².